The molecule has 0 radical (unpaired) electrons. The largest absolute Gasteiger partial charge is 0.454 e. The summed E-state index contributed by atoms with van der Waals surface area (Å²) in [6.45, 7) is 5.70. The predicted molar refractivity (Wildman–Crippen MR) is 283 cm³/mol. The lowest BCUT2D eigenvalue weighted by atomic mass is 9.99. The van der Waals surface area contributed by atoms with Gasteiger partial charge in [0.1, 0.15) is 24.4 Å². The molecule has 1 amide bonds. The predicted octanol–water partition coefficient (Wildman–Crippen LogP) is 12.3. The highest BCUT2D eigenvalue weighted by atomic mass is 16.7. The Bertz CT molecular complexity index is 1350. The van der Waals surface area contributed by atoms with Crippen LogP contribution in [0.4, 0.5) is 0 Å². The highest BCUT2D eigenvalue weighted by Crippen LogP contribution is 2.26. The van der Waals surface area contributed by atoms with Gasteiger partial charge in [-0.25, -0.2) is 0 Å². The lowest BCUT2D eigenvalue weighted by Gasteiger charge is -2.41. The maximum atomic E-state index is 13.3. The monoisotopic (exact) mass is 974 g/mol. The van der Waals surface area contributed by atoms with Gasteiger partial charge in [0.2, 0.25) is 5.91 Å². The van der Waals surface area contributed by atoms with Crippen LogP contribution in [0.25, 0.3) is 0 Å². The Balaban J connectivity index is 2.79. The molecule has 6 N–H and O–H groups in total. The van der Waals surface area contributed by atoms with Gasteiger partial charge >= 0.3 is 5.97 Å². The molecule has 1 rings (SSSR count). The first-order chi connectivity index (χ1) is 33.7. The van der Waals surface area contributed by atoms with Crippen LogP contribution in [-0.4, -0.2) is 99.6 Å². The Morgan fingerprint density at radius 1 is 0.565 bits per heavy atom. The Labute approximate surface area is 420 Å². The molecule has 69 heavy (non-hydrogen) atoms. The summed E-state index contributed by atoms with van der Waals surface area (Å²) in [6, 6.07) is -1.05. The summed E-state index contributed by atoms with van der Waals surface area (Å²) in [4.78, 5) is 26.4. The van der Waals surface area contributed by atoms with Gasteiger partial charge in [-0.15, -0.1) is 0 Å². The van der Waals surface area contributed by atoms with Gasteiger partial charge < -0.3 is 45.1 Å². The van der Waals surface area contributed by atoms with Crippen molar-refractivity contribution >= 4 is 11.9 Å². The van der Waals surface area contributed by atoms with Crippen molar-refractivity contribution in [3.8, 4) is 0 Å². The van der Waals surface area contributed by atoms with Crippen LogP contribution in [0.5, 0.6) is 0 Å². The summed E-state index contributed by atoms with van der Waals surface area (Å²) < 4.78 is 17.5. The fourth-order valence-corrected chi connectivity index (χ4v) is 8.41. The average molecular weight is 974 g/mol. The summed E-state index contributed by atoms with van der Waals surface area (Å²) >= 11 is 0. The molecular formula is C58H103NO10. The number of amides is 1. The van der Waals surface area contributed by atoms with Crippen molar-refractivity contribution in [1.82, 2.24) is 5.32 Å². The quantitative estimate of drug-likeness (QED) is 0.0196. The van der Waals surface area contributed by atoms with Gasteiger partial charge in [0.05, 0.1) is 25.4 Å². The minimum absolute atomic E-state index is 0.118. The number of unbranched alkanes of at least 4 members (excludes halogenated alkanes) is 24. The van der Waals surface area contributed by atoms with Gasteiger partial charge in [0, 0.05) is 6.42 Å². The van der Waals surface area contributed by atoms with E-state index in [4.69, 9.17) is 14.2 Å². The number of nitrogens with one attached hydrogen (secondary N) is 1. The Kier molecular flexibility index (Phi) is 43.3. The maximum absolute atomic E-state index is 13.3. The molecule has 1 fully saturated rings. The van der Waals surface area contributed by atoms with Crippen molar-refractivity contribution < 1.29 is 49.3 Å². The molecule has 8 unspecified atom stereocenters. The van der Waals surface area contributed by atoms with Crippen LogP contribution < -0.4 is 5.32 Å². The molecule has 1 aliphatic rings. The molecule has 0 aliphatic carbocycles. The van der Waals surface area contributed by atoms with E-state index in [9.17, 15) is 35.1 Å². The number of rotatable bonds is 46. The van der Waals surface area contributed by atoms with Crippen LogP contribution in [-0.2, 0) is 23.8 Å². The number of carbonyl (C=O) groups is 2. The van der Waals surface area contributed by atoms with E-state index in [1.165, 1.54) is 116 Å². The third kappa shape index (κ3) is 35.2. The van der Waals surface area contributed by atoms with Crippen LogP contribution in [0.1, 0.15) is 233 Å². The third-order valence-electron chi connectivity index (χ3n) is 12.9. The number of allylic oxidation sites excluding steroid dienone is 9. The van der Waals surface area contributed by atoms with E-state index >= 15 is 0 Å². The SMILES string of the molecule is CCCCC/C=C\C/C=C\C/C=C\C/C=C\CCC(O)C(=O)NC(COC1OC(CO)C(O)C(O)C1OC(=O)CCCCCCCCCCCCCCC)C(O)/C=C/CCCCCCCCCCC. The van der Waals surface area contributed by atoms with E-state index in [-0.39, 0.29) is 19.4 Å². The van der Waals surface area contributed by atoms with E-state index < -0.39 is 67.4 Å². The molecule has 8 atom stereocenters. The van der Waals surface area contributed by atoms with Gasteiger partial charge in [-0.1, -0.05) is 223 Å². The molecule has 0 aromatic rings. The zero-order valence-corrected chi connectivity index (χ0v) is 43.9. The lowest BCUT2D eigenvalue weighted by Crippen LogP contribution is -2.61. The molecule has 0 saturated carbocycles. The van der Waals surface area contributed by atoms with Crippen molar-refractivity contribution in [1.29, 1.82) is 0 Å². The van der Waals surface area contributed by atoms with Crippen molar-refractivity contribution in [3.63, 3.8) is 0 Å². The zero-order valence-electron chi connectivity index (χ0n) is 43.9. The number of hydrogen-bond acceptors (Lipinski definition) is 10. The average Bonchev–Trinajstić information content (AvgIpc) is 3.34. The molecule has 11 heteroatoms. The normalized spacial score (nSPS) is 20.3. The van der Waals surface area contributed by atoms with Crippen LogP contribution >= 0.6 is 0 Å². The van der Waals surface area contributed by atoms with Gasteiger partial charge in [0.25, 0.3) is 0 Å². The number of esters is 1. The summed E-state index contributed by atoms with van der Waals surface area (Å²) in [5.41, 5.74) is 0. The van der Waals surface area contributed by atoms with Crippen LogP contribution in [0.3, 0.4) is 0 Å². The molecule has 1 heterocycles. The van der Waals surface area contributed by atoms with Crippen LogP contribution in [0.2, 0.25) is 0 Å². The fourth-order valence-electron chi connectivity index (χ4n) is 8.41. The molecule has 400 valence electrons. The van der Waals surface area contributed by atoms with Crippen molar-refractivity contribution in [2.45, 2.75) is 282 Å². The molecule has 11 nitrogen and oxygen atoms in total. The van der Waals surface area contributed by atoms with E-state index in [1.54, 1.807) is 6.08 Å². The number of carbonyl (C=O) groups excluding carboxylic acids is 2. The minimum atomic E-state index is -1.62. The van der Waals surface area contributed by atoms with Gasteiger partial charge in [0.15, 0.2) is 12.4 Å². The van der Waals surface area contributed by atoms with Crippen molar-refractivity contribution in [2.24, 2.45) is 0 Å². The standard InChI is InChI=1S/C58H103NO10/c1-4-7-10-13-16-19-22-24-25-26-28-30-33-36-39-42-45-51(62)57(66)59-49(50(61)44-41-38-35-32-29-21-18-15-12-9-6-3)48-67-58-56(55(65)54(64)52(47-60)68-58)69-53(63)46-43-40-37-34-31-27-23-20-17-14-11-8-5-2/h16,19,24-25,28,30,36,39,41,44,49-52,54-56,58,60-62,64-65H,4-15,17-18,20-23,26-27,29,31-35,37-38,40,42-43,45-48H2,1-3H3,(H,59,66)/b19-16-,25-24-,30-28-,39-36-,44-41+. The topological polar surface area (TPSA) is 175 Å². The van der Waals surface area contributed by atoms with E-state index in [2.05, 4.69) is 62.5 Å². The zero-order chi connectivity index (χ0) is 50.4. The van der Waals surface area contributed by atoms with Gasteiger partial charge in [-0.3, -0.25) is 9.59 Å². The highest BCUT2D eigenvalue weighted by molar-refractivity contribution is 5.80. The molecule has 0 spiro atoms. The van der Waals surface area contributed by atoms with Gasteiger partial charge in [-0.2, -0.15) is 0 Å². The smallest absolute Gasteiger partial charge is 0.306 e. The lowest BCUT2D eigenvalue weighted by molar-refractivity contribution is -0.305. The highest BCUT2D eigenvalue weighted by Gasteiger charge is 2.47. The summed E-state index contributed by atoms with van der Waals surface area (Å²) in [5, 5.41) is 56.6. The Hall–Kier alpha value is -2.64. The van der Waals surface area contributed by atoms with Crippen molar-refractivity contribution in [2.75, 3.05) is 13.2 Å². The molecule has 0 aromatic carbocycles. The van der Waals surface area contributed by atoms with E-state index in [0.717, 1.165) is 70.6 Å². The first-order valence-corrected chi connectivity index (χ1v) is 28.1. The van der Waals surface area contributed by atoms with Crippen LogP contribution in [0, 0.1) is 0 Å². The number of ether oxygens (including phenoxy) is 3. The summed E-state index contributed by atoms with van der Waals surface area (Å²) in [5.74, 6) is -1.25. The number of aliphatic hydroxyl groups is 5. The molecule has 1 saturated heterocycles. The third-order valence-corrected chi connectivity index (χ3v) is 12.9. The van der Waals surface area contributed by atoms with Crippen LogP contribution in [0.15, 0.2) is 60.8 Å². The second-order valence-corrected chi connectivity index (χ2v) is 19.3. The van der Waals surface area contributed by atoms with E-state index in [1.807, 2.05) is 18.2 Å². The summed E-state index contributed by atoms with van der Waals surface area (Å²) in [7, 11) is 0. The molecule has 1 aliphatic heterocycles. The van der Waals surface area contributed by atoms with Gasteiger partial charge in [-0.05, 0) is 64.2 Å². The number of aliphatic hydroxyl groups excluding tert-OH is 5. The second-order valence-electron chi connectivity index (χ2n) is 19.3. The first-order valence-electron chi connectivity index (χ1n) is 28.1. The molecule has 0 aromatic heterocycles. The Morgan fingerprint density at radius 2 is 1.00 bits per heavy atom. The second kappa shape index (κ2) is 46.4. The van der Waals surface area contributed by atoms with Crippen molar-refractivity contribution in [3.05, 3.63) is 60.8 Å². The first kappa shape index (κ1) is 64.4. The molecule has 0 bridgehead atoms. The molecular weight excluding hydrogens is 871 g/mol. The van der Waals surface area contributed by atoms with E-state index in [0.29, 0.717) is 12.8 Å². The fraction of sp³-hybridized carbons (Fsp3) is 0.793. The Morgan fingerprint density at radius 3 is 1.52 bits per heavy atom. The summed E-state index contributed by atoms with van der Waals surface area (Å²) in [6.07, 6.45) is 45.6. The maximum Gasteiger partial charge on any atom is 0.306 e. The minimum Gasteiger partial charge on any atom is -0.454 e. The number of hydrogen-bond donors (Lipinski definition) is 6.